The first kappa shape index (κ1) is 91.6. The first-order chi connectivity index (χ1) is 53.7. The summed E-state index contributed by atoms with van der Waals surface area (Å²) < 4.78 is 54.1. The Labute approximate surface area is 652 Å². The third-order valence-corrected chi connectivity index (χ3v) is 20.7. The highest BCUT2D eigenvalue weighted by atomic mass is 16.7. The molecule has 16 N–H and O–H groups in total. The summed E-state index contributed by atoms with van der Waals surface area (Å²) >= 11 is 0. The molecule has 0 saturated carbocycles. The van der Waals surface area contributed by atoms with Crippen molar-refractivity contribution in [3.8, 4) is 0 Å². The minimum atomic E-state index is -1.42. The average molecular weight is 1600 g/mol. The molecule has 40 nitrogen and oxygen atoms in total. The van der Waals surface area contributed by atoms with Gasteiger partial charge in [-0.05, 0) is 102 Å². The monoisotopic (exact) mass is 1600 g/mol. The fourth-order valence-corrected chi connectivity index (χ4v) is 14.6. The molecular weight excluding hydrogens is 1470 g/mol. The minimum Gasteiger partial charge on any atom is -0.394 e. The SMILES string of the molecule is CC(=O)N[C@H]1[C@H](OCCCCCn2cc(CN(CCCCC(N(Cc3cn(CCCCCO[C@@H]4O[C@H](CO)[C@H](O)[C@H](O)[C@H]4C)nn3)Cc3c[n+](CCCCCO[C@@H]4O[C@H](CO)[C@H](O)[C@H](O)[C@H]4NC(C)=O)[nH]n3)C(C)(C)C)Cc3cn(CCCCCO[C@@H]4O[C@H](CO)[C@H](O)[C@H](O)[C@H]4NC(C)=O)nn3)nn2)O[C@H](CO)[C@H](O)[C@@H]1O. The topological polar surface area (TPSA) is 535 Å². The van der Waals surface area contributed by atoms with E-state index in [0.29, 0.717) is 91.2 Å². The highest BCUT2D eigenvalue weighted by Gasteiger charge is 2.49. The summed E-state index contributed by atoms with van der Waals surface area (Å²) in [7, 11) is 0. The number of hydrogen-bond acceptors (Lipinski definition) is 32. The van der Waals surface area contributed by atoms with E-state index in [4.69, 9.17) is 43.0 Å². The van der Waals surface area contributed by atoms with Gasteiger partial charge in [0.2, 0.25) is 23.4 Å². The van der Waals surface area contributed by atoms with Crippen molar-refractivity contribution in [1.82, 2.24) is 81.0 Å². The van der Waals surface area contributed by atoms with Gasteiger partial charge in [0.1, 0.15) is 91.8 Å². The Balaban J connectivity index is 0.898. The van der Waals surface area contributed by atoms with E-state index in [1.165, 1.54) is 20.8 Å². The number of nitrogens with one attached hydrogen (secondary N) is 4. The maximum atomic E-state index is 12.0. The first-order valence-electron chi connectivity index (χ1n) is 39.5. The summed E-state index contributed by atoms with van der Waals surface area (Å²) in [5.74, 6) is -1.79. The van der Waals surface area contributed by atoms with Gasteiger partial charge in [0.15, 0.2) is 31.4 Å². The number of ether oxygens (including phenoxy) is 8. The van der Waals surface area contributed by atoms with Crippen molar-refractivity contribution in [2.75, 3.05) is 59.4 Å². The van der Waals surface area contributed by atoms with Gasteiger partial charge in [0.25, 0.3) is 0 Å². The van der Waals surface area contributed by atoms with Crippen molar-refractivity contribution in [2.45, 2.75) is 320 Å². The summed E-state index contributed by atoms with van der Waals surface area (Å²) in [6, 6.07) is -3.08. The van der Waals surface area contributed by atoms with Crippen molar-refractivity contribution in [1.29, 1.82) is 0 Å². The van der Waals surface area contributed by atoms with Crippen molar-refractivity contribution < 1.29 is 118 Å². The molecule has 4 fully saturated rings. The van der Waals surface area contributed by atoms with Crippen LogP contribution in [0.25, 0.3) is 0 Å². The molecule has 0 aliphatic carbocycles. The zero-order chi connectivity index (χ0) is 81.0. The van der Waals surface area contributed by atoms with Crippen LogP contribution in [0.4, 0.5) is 0 Å². The van der Waals surface area contributed by atoms with Gasteiger partial charge in [0, 0.05) is 122 Å². The van der Waals surface area contributed by atoms with Gasteiger partial charge >= 0.3 is 0 Å². The maximum absolute atomic E-state index is 12.0. The highest BCUT2D eigenvalue weighted by Crippen LogP contribution is 2.33. The lowest BCUT2D eigenvalue weighted by Crippen LogP contribution is -2.64. The maximum Gasteiger partial charge on any atom is 0.232 e. The Morgan fingerprint density at radius 3 is 1.22 bits per heavy atom. The van der Waals surface area contributed by atoms with Gasteiger partial charge in [0.05, 0.1) is 56.2 Å². The molecule has 4 aliphatic rings. The quantitative estimate of drug-likeness (QED) is 0.0150. The molecule has 0 radical (unpaired) electrons. The number of hydrogen-bond donors (Lipinski definition) is 16. The van der Waals surface area contributed by atoms with Gasteiger partial charge in [-0.25, -0.2) is 0 Å². The predicted octanol–water partition coefficient (Wildman–Crippen LogP) is -3.58. The molecule has 4 aromatic heterocycles. The molecule has 636 valence electrons. The molecule has 3 amide bonds. The van der Waals surface area contributed by atoms with Crippen LogP contribution in [0.3, 0.4) is 0 Å². The number of carbonyl (C=O) groups is 3. The van der Waals surface area contributed by atoms with Gasteiger partial charge in [-0.2, -0.15) is 4.68 Å². The number of aliphatic hydroxyl groups excluding tert-OH is 12. The fourth-order valence-electron chi connectivity index (χ4n) is 14.6. The molecule has 0 spiro atoms. The minimum absolute atomic E-state index is 0.0149. The molecule has 4 aromatic rings. The number of aryl methyl sites for hydroxylation is 4. The summed E-state index contributed by atoms with van der Waals surface area (Å²) in [5.41, 5.74) is 2.88. The zero-order valence-electron chi connectivity index (χ0n) is 65.7. The molecule has 1 unspecified atom stereocenters. The van der Waals surface area contributed by atoms with Gasteiger partial charge in [-0.1, -0.05) is 55.0 Å². The third-order valence-electron chi connectivity index (χ3n) is 20.7. The predicted molar refractivity (Wildman–Crippen MR) is 392 cm³/mol. The smallest absolute Gasteiger partial charge is 0.232 e. The van der Waals surface area contributed by atoms with Crippen molar-refractivity contribution in [2.24, 2.45) is 11.3 Å². The number of amides is 3. The third kappa shape index (κ3) is 27.9. The van der Waals surface area contributed by atoms with Gasteiger partial charge in [-0.15, -0.1) is 15.3 Å². The van der Waals surface area contributed by atoms with E-state index in [2.05, 4.69) is 82.7 Å². The van der Waals surface area contributed by atoms with Crippen LogP contribution < -0.4 is 20.6 Å². The standard InChI is InChI=1S/C72H125N17O23/c1-44-60(97)61(98)52(40-90)109-68(44)105-28-18-8-13-26-88-38-50(78-82-88)34-85(35-51-39-89(83-79-51)27-16-11-21-31-108-71-59(75-47(4)96)67(104)64(101)55(43-93)112-71)56(72(5,6)7)22-12-17-23-84(32-48-36-86(80-76-48)24-14-9-19-29-106-69-57(73-45(2)94)65(102)62(99)53(41-91)110-69)33-49-37-87(81-77-49)25-15-10-20-30-107-70-58(74-46(3)95)66(103)63(100)54(42-92)111-70/h36-39,44,52-71,90-93,97-104H,8-35,40-43H2,1-7H3,(H3,73,74,75,94,95,96)/p+1/t44-,52-,53-,54-,55-,56?,57-,58-,59-,60-,61+,62+,63+,64+,65-,66-,67-,68-,69-,70-,71-/m1/s1. The molecule has 0 aromatic carbocycles. The summed E-state index contributed by atoms with van der Waals surface area (Å²) in [6.07, 6.45) is -0.0945. The molecule has 21 atom stereocenters. The van der Waals surface area contributed by atoms with Crippen LogP contribution in [0.15, 0.2) is 24.8 Å². The summed E-state index contributed by atoms with van der Waals surface area (Å²) in [4.78, 5) is 40.5. The zero-order valence-corrected chi connectivity index (χ0v) is 65.7. The second kappa shape index (κ2) is 46.1. The number of carbonyl (C=O) groups excluding carboxylic acids is 3. The molecular formula is C72H126N17O23+. The van der Waals surface area contributed by atoms with E-state index in [9.17, 15) is 75.7 Å². The Bertz CT molecular complexity index is 3250. The molecule has 40 heteroatoms. The van der Waals surface area contributed by atoms with Crippen LogP contribution in [0.2, 0.25) is 0 Å². The second-order valence-electron chi connectivity index (χ2n) is 31.0. The molecule has 8 heterocycles. The summed E-state index contributed by atoms with van der Waals surface area (Å²) in [5, 5.41) is 166. The first-order valence-corrected chi connectivity index (χ1v) is 39.5. The van der Waals surface area contributed by atoms with E-state index < -0.39 is 167 Å². The number of H-pyrrole nitrogens is 1. The lowest BCUT2D eigenvalue weighted by atomic mass is 9.82. The van der Waals surface area contributed by atoms with E-state index in [1.54, 1.807) is 16.3 Å². The summed E-state index contributed by atoms with van der Waals surface area (Å²) in [6.45, 7) is 16.2. The van der Waals surface area contributed by atoms with Crippen LogP contribution in [0.1, 0.15) is 168 Å². The number of aliphatic hydroxyl groups is 12. The largest absolute Gasteiger partial charge is 0.394 e. The van der Waals surface area contributed by atoms with Crippen LogP contribution in [-0.2, 0) is 105 Å². The number of aromatic nitrogens is 12. The Hall–Kier alpha value is -5.91. The Morgan fingerprint density at radius 1 is 0.482 bits per heavy atom. The van der Waals surface area contributed by atoms with E-state index in [-0.39, 0.29) is 31.3 Å². The molecule has 112 heavy (non-hydrogen) atoms. The van der Waals surface area contributed by atoms with Gasteiger partial charge in [-0.3, -0.25) is 38.2 Å². The number of nitrogens with zero attached hydrogens (tertiary/aromatic N) is 13. The lowest BCUT2D eigenvalue weighted by molar-refractivity contribution is -0.754. The highest BCUT2D eigenvalue weighted by molar-refractivity contribution is 5.74. The van der Waals surface area contributed by atoms with Crippen LogP contribution >= 0.6 is 0 Å². The van der Waals surface area contributed by atoms with E-state index >= 15 is 0 Å². The molecule has 8 rings (SSSR count). The second-order valence-corrected chi connectivity index (χ2v) is 31.0. The van der Waals surface area contributed by atoms with E-state index in [1.807, 2.05) is 34.2 Å². The van der Waals surface area contributed by atoms with Gasteiger partial charge < -0.3 is 115 Å². The normalized spacial score (nSPS) is 28.8. The van der Waals surface area contributed by atoms with Crippen LogP contribution in [-0.4, -0.2) is 326 Å². The van der Waals surface area contributed by atoms with Crippen LogP contribution in [0, 0.1) is 11.3 Å². The van der Waals surface area contributed by atoms with E-state index in [0.717, 1.165) is 93.4 Å². The Morgan fingerprint density at radius 2 is 0.839 bits per heavy atom. The molecule has 0 bridgehead atoms. The van der Waals surface area contributed by atoms with Crippen molar-refractivity contribution >= 4 is 17.7 Å². The number of rotatable bonds is 49. The molecule has 4 saturated heterocycles. The fraction of sp³-hybridized carbons (Fsp3) is 0.847. The van der Waals surface area contributed by atoms with Crippen molar-refractivity contribution in [3.05, 3.63) is 47.6 Å². The average Bonchev–Trinajstić information content (AvgIpc) is 1.17. The Kier molecular flexibility index (Phi) is 37.7. The number of aromatic amines is 1. The molecule has 4 aliphatic heterocycles. The lowest BCUT2D eigenvalue weighted by Gasteiger charge is -2.42. The van der Waals surface area contributed by atoms with Crippen molar-refractivity contribution in [3.63, 3.8) is 0 Å². The number of unbranched alkanes of at least 4 members (excludes halogenated alkanes) is 9. The van der Waals surface area contributed by atoms with Crippen LogP contribution in [0.5, 0.6) is 0 Å².